The lowest BCUT2D eigenvalue weighted by Gasteiger charge is -2.33. The first kappa shape index (κ1) is 28.7. The van der Waals surface area contributed by atoms with Crippen molar-refractivity contribution in [3.05, 3.63) is 53.7 Å². The molecule has 4 aromatic rings. The van der Waals surface area contributed by atoms with E-state index in [9.17, 15) is 22.4 Å². The highest BCUT2D eigenvalue weighted by molar-refractivity contribution is 5.96. The number of piperidine rings is 1. The summed E-state index contributed by atoms with van der Waals surface area (Å²) in [5.74, 6) is -0.367. The summed E-state index contributed by atoms with van der Waals surface area (Å²) < 4.78 is 62.1. The van der Waals surface area contributed by atoms with Gasteiger partial charge in [0.15, 0.2) is 0 Å². The molecular weight excluding hydrogens is 542 g/mol. The van der Waals surface area contributed by atoms with Crippen LogP contribution in [0.4, 0.5) is 23.2 Å². The molecule has 5 rings (SSSR count). The number of alkyl halides is 4. The maximum Gasteiger partial charge on any atom is 0.406 e. The SMILES string of the molecule is CN1CC[C@@H](Nc2cccc3c2cc(-c2noc(CNC(=O)c4cc[nH]c4C(C)(C)C)n2)n3CC(F)(F)F)[C@@H](F)C1. The molecular formula is C28H33F4N7O2. The van der Waals surface area contributed by atoms with Gasteiger partial charge in [-0.1, -0.05) is 32.0 Å². The van der Waals surface area contributed by atoms with Crippen LogP contribution in [0.5, 0.6) is 0 Å². The van der Waals surface area contributed by atoms with E-state index in [-0.39, 0.29) is 41.8 Å². The molecule has 1 aliphatic heterocycles. The van der Waals surface area contributed by atoms with Gasteiger partial charge in [-0.05, 0) is 37.7 Å². The number of hydrogen-bond acceptors (Lipinski definition) is 6. The fraction of sp³-hybridized carbons (Fsp3) is 0.464. The van der Waals surface area contributed by atoms with Gasteiger partial charge < -0.3 is 29.6 Å². The highest BCUT2D eigenvalue weighted by atomic mass is 19.4. The molecule has 1 fully saturated rings. The Morgan fingerprint density at radius 2 is 2.00 bits per heavy atom. The number of rotatable bonds is 7. The van der Waals surface area contributed by atoms with Crippen molar-refractivity contribution in [3.63, 3.8) is 0 Å². The molecule has 3 aromatic heterocycles. The Kier molecular flexibility index (Phi) is 7.58. The van der Waals surface area contributed by atoms with Crippen LogP contribution in [0.2, 0.25) is 0 Å². The van der Waals surface area contributed by atoms with E-state index >= 15 is 0 Å². The molecule has 0 bridgehead atoms. The van der Waals surface area contributed by atoms with E-state index in [2.05, 4.69) is 25.8 Å². The molecule has 1 amide bonds. The number of benzene rings is 1. The van der Waals surface area contributed by atoms with Crippen molar-refractivity contribution in [2.75, 3.05) is 25.5 Å². The summed E-state index contributed by atoms with van der Waals surface area (Å²) in [5, 5.41) is 10.3. The number of hydrogen-bond donors (Lipinski definition) is 3. The molecule has 41 heavy (non-hydrogen) atoms. The van der Waals surface area contributed by atoms with Gasteiger partial charge in [-0.25, -0.2) is 4.39 Å². The number of amides is 1. The first-order valence-corrected chi connectivity index (χ1v) is 13.4. The summed E-state index contributed by atoms with van der Waals surface area (Å²) in [6.07, 6.45) is -3.40. The Balaban J connectivity index is 1.42. The summed E-state index contributed by atoms with van der Waals surface area (Å²) in [4.78, 5) is 22.1. The first-order valence-electron chi connectivity index (χ1n) is 13.4. The fourth-order valence-corrected chi connectivity index (χ4v) is 5.23. The first-order chi connectivity index (χ1) is 19.3. The molecule has 0 unspecified atom stereocenters. The summed E-state index contributed by atoms with van der Waals surface area (Å²) in [7, 11) is 1.85. The molecule has 0 aliphatic carbocycles. The van der Waals surface area contributed by atoms with Crippen LogP contribution in [-0.4, -0.2) is 69.0 Å². The maximum atomic E-state index is 14.7. The van der Waals surface area contributed by atoms with Crippen LogP contribution in [0.25, 0.3) is 22.4 Å². The Morgan fingerprint density at radius 3 is 2.71 bits per heavy atom. The molecule has 0 spiro atoms. The quantitative estimate of drug-likeness (QED) is 0.260. The van der Waals surface area contributed by atoms with Crippen LogP contribution in [0.1, 0.15) is 49.1 Å². The van der Waals surface area contributed by atoms with E-state index in [1.165, 1.54) is 0 Å². The summed E-state index contributed by atoms with van der Waals surface area (Å²) >= 11 is 0. The van der Waals surface area contributed by atoms with Gasteiger partial charge in [-0.2, -0.15) is 18.2 Å². The second-order valence-electron chi connectivity index (χ2n) is 11.5. The minimum atomic E-state index is -4.52. The molecule has 1 saturated heterocycles. The minimum absolute atomic E-state index is 0.0370. The zero-order valence-corrected chi connectivity index (χ0v) is 23.3. The van der Waals surface area contributed by atoms with Crippen molar-refractivity contribution in [1.29, 1.82) is 0 Å². The van der Waals surface area contributed by atoms with Crippen LogP contribution < -0.4 is 10.6 Å². The third kappa shape index (κ3) is 6.24. The second kappa shape index (κ2) is 10.8. The highest BCUT2D eigenvalue weighted by Crippen LogP contribution is 2.35. The summed E-state index contributed by atoms with van der Waals surface area (Å²) in [6, 6.07) is 7.68. The number of nitrogens with zero attached hydrogens (tertiary/aromatic N) is 4. The van der Waals surface area contributed by atoms with E-state index < -0.39 is 24.9 Å². The Hall–Kier alpha value is -3.87. The normalized spacial score (nSPS) is 18.6. The van der Waals surface area contributed by atoms with E-state index in [0.717, 1.165) is 10.3 Å². The molecule has 4 heterocycles. The molecule has 1 aromatic carbocycles. The van der Waals surface area contributed by atoms with E-state index in [0.29, 0.717) is 35.1 Å². The largest absolute Gasteiger partial charge is 0.406 e. The summed E-state index contributed by atoms with van der Waals surface area (Å²) in [5.41, 5.74) is 1.87. The third-order valence-electron chi connectivity index (χ3n) is 7.21. The topological polar surface area (TPSA) is 104 Å². The molecule has 13 heteroatoms. The number of carbonyl (C=O) groups is 1. The molecule has 2 atom stereocenters. The number of anilines is 1. The monoisotopic (exact) mass is 575 g/mol. The van der Waals surface area contributed by atoms with Crippen LogP contribution in [-0.2, 0) is 18.5 Å². The molecule has 9 nitrogen and oxygen atoms in total. The fourth-order valence-electron chi connectivity index (χ4n) is 5.23. The average molecular weight is 576 g/mol. The second-order valence-corrected chi connectivity index (χ2v) is 11.5. The number of nitrogens with one attached hydrogen (secondary N) is 3. The van der Waals surface area contributed by atoms with Crippen LogP contribution in [0.3, 0.4) is 0 Å². The number of carbonyl (C=O) groups excluding carboxylic acids is 1. The molecule has 1 aliphatic rings. The van der Waals surface area contributed by atoms with Gasteiger partial charge in [-0.3, -0.25) is 4.79 Å². The predicted molar refractivity (Wildman–Crippen MR) is 146 cm³/mol. The Morgan fingerprint density at radius 1 is 1.22 bits per heavy atom. The third-order valence-corrected chi connectivity index (χ3v) is 7.21. The van der Waals surface area contributed by atoms with Gasteiger partial charge in [0.05, 0.1) is 29.4 Å². The van der Waals surface area contributed by atoms with E-state index in [1.54, 1.807) is 36.5 Å². The molecule has 3 N–H and O–H groups in total. The van der Waals surface area contributed by atoms with Gasteiger partial charge in [0.2, 0.25) is 11.7 Å². The number of halogens is 4. The number of H-pyrrole nitrogens is 1. The van der Waals surface area contributed by atoms with Gasteiger partial charge in [0.25, 0.3) is 5.91 Å². The summed E-state index contributed by atoms with van der Waals surface area (Å²) in [6.45, 7) is 5.52. The van der Waals surface area contributed by atoms with Gasteiger partial charge in [0, 0.05) is 41.5 Å². The number of aromatic nitrogens is 4. The van der Waals surface area contributed by atoms with Gasteiger partial charge >= 0.3 is 6.18 Å². The van der Waals surface area contributed by atoms with Crippen molar-refractivity contribution in [2.45, 2.75) is 64.1 Å². The average Bonchev–Trinajstić information content (AvgIpc) is 3.62. The van der Waals surface area contributed by atoms with Crippen molar-refractivity contribution in [3.8, 4) is 11.5 Å². The predicted octanol–water partition coefficient (Wildman–Crippen LogP) is 5.26. The molecule has 0 saturated carbocycles. The smallest absolute Gasteiger partial charge is 0.379 e. The zero-order chi connectivity index (χ0) is 29.5. The zero-order valence-electron chi connectivity index (χ0n) is 23.3. The number of likely N-dealkylation sites (tertiary alicyclic amines) is 1. The maximum absolute atomic E-state index is 14.7. The van der Waals surface area contributed by atoms with Crippen LogP contribution >= 0.6 is 0 Å². The molecule has 0 radical (unpaired) electrons. The van der Waals surface area contributed by atoms with E-state index in [1.807, 2.05) is 32.7 Å². The number of fused-ring (bicyclic) bond motifs is 1. The lowest BCUT2D eigenvalue weighted by molar-refractivity contribution is -0.139. The van der Waals surface area contributed by atoms with Crippen molar-refractivity contribution >= 4 is 22.5 Å². The van der Waals surface area contributed by atoms with Crippen LogP contribution in [0, 0.1) is 0 Å². The highest BCUT2D eigenvalue weighted by Gasteiger charge is 2.32. The Bertz CT molecular complexity index is 1530. The lowest BCUT2D eigenvalue weighted by Crippen LogP contribution is -2.46. The van der Waals surface area contributed by atoms with Crippen molar-refractivity contribution in [2.24, 2.45) is 0 Å². The van der Waals surface area contributed by atoms with Gasteiger partial charge in [0.1, 0.15) is 12.7 Å². The van der Waals surface area contributed by atoms with E-state index in [4.69, 9.17) is 4.52 Å². The van der Waals surface area contributed by atoms with Crippen molar-refractivity contribution in [1.82, 2.24) is 29.9 Å². The Labute approximate surface area is 234 Å². The van der Waals surface area contributed by atoms with Crippen molar-refractivity contribution < 1.29 is 26.9 Å². The number of aromatic amines is 1. The lowest BCUT2D eigenvalue weighted by atomic mass is 9.89. The molecule has 220 valence electrons. The standard InChI is InChI=1S/C28H33F4N7O2/c1-27(2,3)24-16(8-10-33-24)26(40)34-13-23-36-25(37-41-23)22-12-17-19(35-20-9-11-38(4)14-18(20)29)6-5-7-21(17)39(22)15-28(30,31)32/h5-8,10,12,18,20,33,35H,9,11,13-15H2,1-4H3,(H,34,40)/t18-,20+/m0/s1. The minimum Gasteiger partial charge on any atom is -0.379 e. The van der Waals surface area contributed by atoms with Gasteiger partial charge in [-0.15, -0.1) is 0 Å². The van der Waals surface area contributed by atoms with Crippen LogP contribution in [0.15, 0.2) is 41.1 Å².